The van der Waals surface area contributed by atoms with E-state index in [0.717, 1.165) is 12.8 Å². The van der Waals surface area contributed by atoms with E-state index < -0.39 is 0 Å². The Kier molecular flexibility index (Phi) is 5.09. The summed E-state index contributed by atoms with van der Waals surface area (Å²) in [5.74, 6) is 0.0291. The van der Waals surface area contributed by atoms with Crippen LogP contribution in [0.15, 0.2) is 42.6 Å². The number of benzene rings is 1. The summed E-state index contributed by atoms with van der Waals surface area (Å²) in [6, 6.07) is 10.6. The lowest BCUT2D eigenvalue weighted by Gasteiger charge is -2.32. The van der Waals surface area contributed by atoms with Crippen molar-refractivity contribution < 1.29 is 13.9 Å². The number of nitriles is 1. The molecule has 0 unspecified atom stereocenters. The number of hydrogen-bond donors (Lipinski definition) is 1. The number of nitrogens with zero attached hydrogens (tertiary/aromatic N) is 3. The second kappa shape index (κ2) is 7.62. The molecule has 0 spiro atoms. The average molecular weight is 340 g/mol. The maximum Gasteiger partial charge on any atom is 0.321 e. The molecule has 6 nitrogen and oxygen atoms in total. The summed E-state index contributed by atoms with van der Waals surface area (Å²) in [4.78, 5) is 18.1. The number of piperidine rings is 1. The average Bonchev–Trinajstić information content (AvgIpc) is 2.64. The minimum absolute atomic E-state index is 0.186. The number of rotatable bonds is 3. The fourth-order valence-electron chi connectivity index (χ4n) is 2.67. The summed E-state index contributed by atoms with van der Waals surface area (Å²) in [6.45, 7) is 1.05. The molecule has 25 heavy (non-hydrogen) atoms. The molecule has 0 radical (unpaired) electrons. The Labute approximate surface area is 144 Å². The van der Waals surface area contributed by atoms with Crippen molar-refractivity contribution in [3.05, 3.63) is 54.0 Å². The van der Waals surface area contributed by atoms with Gasteiger partial charge in [0.25, 0.3) is 0 Å². The number of nitrogens with one attached hydrogen (secondary N) is 1. The summed E-state index contributed by atoms with van der Waals surface area (Å²) >= 11 is 0. The smallest absolute Gasteiger partial charge is 0.321 e. The first-order valence-electron chi connectivity index (χ1n) is 7.98. The number of carbonyl (C=O) groups excluding carboxylic acids is 1. The number of pyridine rings is 1. The van der Waals surface area contributed by atoms with Crippen LogP contribution in [0.4, 0.5) is 14.9 Å². The van der Waals surface area contributed by atoms with Gasteiger partial charge in [-0.1, -0.05) is 0 Å². The third-order valence-electron chi connectivity index (χ3n) is 3.91. The molecule has 1 atom stereocenters. The van der Waals surface area contributed by atoms with Crippen LogP contribution >= 0.6 is 0 Å². The van der Waals surface area contributed by atoms with E-state index in [2.05, 4.69) is 10.3 Å². The molecule has 2 aromatic rings. The standard InChI is InChI=1S/C18H17FN4O2/c19-14-3-5-15(6-4-14)22-18(24)23-9-1-2-16(12-23)25-17-10-13(11-20)7-8-21-17/h3-8,10,16H,1-2,9,12H2,(H,22,24)/t16-/m0/s1. The topological polar surface area (TPSA) is 78.2 Å². The molecule has 3 rings (SSSR count). The minimum atomic E-state index is -0.350. The molecule has 1 aliphatic heterocycles. The molecule has 2 amide bonds. The summed E-state index contributed by atoms with van der Waals surface area (Å²) in [7, 11) is 0. The van der Waals surface area contributed by atoms with Crippen molar-refractivity contribution in [1.29, 1.82) is 5.26 Å². The quantitative estimate of drug-likeness (QED) is 0.931. The van der Waals surface area contributed by atoms with Crippen molar-refractivity contribution in [1.82, 2.24) is 9.88 Å². The maximum atomic E-state index is 12.9. The van der Waals surface area contributed by atoms with E-state index >= 15 is 0 Å². The molecule has 1 aromatic carbocycles. The zero-order chi connectivity index (χ0) is 17.6. The second-order valence-corrected chi connectivity index (χ2v) is 5.76. The predicted octanol–water partition coefficient (Wildman–Crippen LogP) is 3.17. The van der Waals surface area contributed by atoms with Crippen molar-refractivity contribution in [3.63, 3.8) is 0 Å². The minimum Gasteiger partial charge on any atom is -0.472 e. The van der Waals surface area contributed by atoms with E-state index in [1.807, 2.05) is 6.07 Å². The van der Waals surface area contributed by atoms with Gasteiger partial charge in [0.15, 0.2) is 0 Å². The van der Waals surface area contributed by atoms with E-state index in [-0.39, 0.29) is 18.0 Å². The van der Waals surface area contributed by atoms with Crippen molar-refractivity contribution in [2.75, 3.05) is 18.4 Å². The largest absolute Gasteiger partial charge is 0.472 e. The Hall–Kier alpha value is -3.14. The molecule has 2 heterocycles. The SMILES string of the molecule is N#Cc1ccnc(O[C@H]2CCCN(C(=O)Nc3ccc(F)cc3)C2)c1. The molecule has 1 saturated heterocycles. The van der Waals surface area contributed by atoms with Crippen LogP contribution in [0, 0.1) is 17.1 Å². The first kappa shape index (κ1) is 16.7. The first-order valence-corrected chi connectivity index (χ1v) is 7.98. The van der Waals surface area contributed by atoms with Gasteiger partial charge < -0.3 is 15.0 Å². The number of aromatic nitrogens is 1. The second-order valence-electron chi connectivity index (χ2n) is 5.76. The van der Waals surface area contributed by atoms with E-state index in [1.165, 1.54) is 30.5 Å². The van der Waals surface area contributed by atoms with Crippen molar-refractivity contribution >= 4 is 11.7 Å². The van der Waals surface area contributed by atoms with Crippen molar-refractivity contribution in [2.24, 2.45) is 0 Å². The third kappa shape index (κ3) is 4.44. The van der Waals surface area contributed by atoms with E-state index in [9.17, 15) is 9.18 Å². The number of urea groups is 1. The highest BCUT2D eigenvalue weighted by molar-refractivity contribution is 5.89. The molecule has 1 N–H and O–H groups in total. The summed E-state index contributed by atoms with van der Waals surface area (Å²) in [5.41, 5.74) is 1.02. The van der Waals surface area contributed by atoms with E-state index in [0.29, 0.717) is 30.2 Å². The van der Waals surface area contributed by atoms with Gasteiger partial charge in [-0.2, -0.15) is 5.26 Å². The van der Waals surface area contributed by atoms with Gasteiger partial charge in [0.05, 0.1) is 18.2 Å². The van der Waals surface area contributed by atoms with Crippen LogP contribution in [-0.4, -0.2) is 35.1 Å². The summed E-state index contributed by atoms with van der Waals surface area (Å²) in [6.07, 6.45) is 2.95. The highest BCUT2D eigenvalue weighted by Crippen LogP contribution is 2.18. The van der Waals surface area contributed by atoms with Crippen molar-refractivity contribution in [2.45, 2.75) is 18.9 Å². The molecule has 0 saturated carbocycles. The lowest BCUT2D eigenvalue weighted by molar-refractivity contribution is 0.102. The molecule has 128 valence electrons. The van der Waals surface area contributed by atoms with Crippen LogP contribution in [0.25, 0.3) is 0 Å². The number of likely N-dealkylation sites (tertiary alicyclic amines) is 1. The van der Waals surface area contributed by atoms with Gasteiger partial charge in [-0.3, -0.25) is 0 Å². The number of amides is 2. The fourth-order valence-corrected chi connectivity index (χ4v) is 2.67. The Bertz CT molecular complexity index is 788. The van der Waals surface area contributed by atoms with Gasteiger partial charge in [0.2, 0.25) is 5.88 Å². The molecule has 0 aliphatic carbocycles. The number of anilines is 1. The van der Waals surface area contributed by atoms with Gasteiger partial charge in [0.1, 0.15) is 11.9 Å². The molecule has 0 bridgehead atoms. The van der Waals surface area contributed by atoms with Crippen LogP contribution in [0.3, 0.4) is 0 Å². The lowest BCUT2D eigenvalue weighted by atomic mass is 10.1. The first-order chi connectivity index (χ1) is 12.1. The molecule has 1 aliphatic rings. The monoisotopic (exact) mass is 340 g/mol. The van der Waals surface area contributed by atoms with Crippen LogP contribution < -0.4 is 10.1 Å². The van der Waals surface area contributed by atoms with E-state index in [1.54, 1.807) is 17.0 Å². The van der Waals surface area contributed by atoms with Crippen molar-refractivity contribution in [3.8, 4) is 11.9 Å². The molecular formula is C18H17FN4O2. The Morgan fingerprint density at radius 3 is 2.92 bits per heavy atom. The Morgan fingerprint density at radius 1 is 1.36 bits per heavy atom. The number of ether oxygens (including phenoxy) is 1. The maximum absolute atomic E-state index is 12.9. The van der Waals surface area contributed by atoms with Crippen LogP contribution in [0.2, 0.25) is 0 Å². The Morgan fingerprint density at radius 2 is 2.16 bits per heavy atom. The van der Waals surface area contributed by atoms with Gasteiger partial charge in [-0.25, -0.2) is 14.2 Å². The fraction of sp³-hybridized carbons (Fsp3) is 0.278. The predicted molar refractivity (Wildman–Crippen MR) is 89.6 cm³/mol. The molecule has 1 aromatic heterocycles. The van der Waals surface area contributed by atoms with Gasteiger partial charge in [-0.05, 0) is 43.2 Å². The summed E-state index contributed by atoms with van der Waals surface area (Å²) < 4.78 is 18.7. The molecule has 1 fully saturated rings. The normalized spacial score (nSPS) is 16.8. The number of carbonyl (C=O) groups is 1. The molecular weight excluding hydrogens is 323 g/mol. The highest BCUT2D eigenvalue weighted by Gasteiger charge is 2.25. The van der Waals surface area contributed by atoms with Crippen LogP contribution in [-0.2, 0) is 0 Å². The lowest BCUT2D eigenvalue weighted by Crippen LogP contribution is -2.46. The van der Waals surface area contributed by atoms with Crippen LogP contribution in [0.1, 0.15) is 18.4 Å². The van der Waals surface area contributed by atoms with Gasteiger partial charge >= 0.3 is 6.03 Å². The zero-order valence-corrected chi connectivity index (χ0v) is 13.5. The zero-order valence-electron chi connectivity index (χ0n) is 13.5. The number of halogens is 1. The van der Waals surface area contributed by atoms with E-state index in [4.69, 9.17) is 10.00 Å². The number of hydrogen-bond acceptors (Lipinski definition) is 4. The Balaban J connectivity index is 1.59. The van der Waals surface area contributed by atoms with Gasteiger partial charge in [-0.15, -0.1) is 0 Å². The highest BCUT2D eigenvalue weighted by atomic mass is 19.1. The third-order valence-corrected chi connectivity index (χ3v) is 3.91. The van der Waals surface area contributed by atoms with Crippen LogP contribution in [0.5, 0.6) is 5.88 Å². The summed E-state index contributed by atoms with van der Waals surface area (Å²) in [5, 5.41) is 11.7. The molecule has 7 heteroatoms. The van der Waals surface area contributed by atoms with Gasteiger partial charge in [0, 0.05) is 24.5 Å².